The van der Waals surface area contributed by atoms with E-state index in [0.29, 0.717) is 23.2 Å². The smallest absolute Gasteiger partial charge is 0.101 e. The number of nitrogens with zero attached hydrogens (tertiary/aromatic N) is 1. The Bertz CT molecular complexity index is 461. The fourth-order valence-electron chi connectivity index (χ4n) is 3.00. The number of anilines is 2. The van der Waals surface area contributed by atoms with Crippen LogP contribution in [0.4, 0.5) is 11.4 Å². The number of nitrogens with one attached hydrogen (secondary N) is 1. The zero-order valence-electron chi connectivity index (χ0n) is 11.1. The van der Waals surface area contributed by atoms with Crippen molar-refractivity contribution in [2.45, 2.75) is 39.2 Å². The Kier molecular flexibility index (Phi) is 3.76. The van der Waals surface area contributed by atoms with Crippen LogP contribution < -0.4 is 11.1 Å². The number of rotatable bonds is 3. The van der Waals surface area contributed by atoms with Crippen LogP contribution >= 0.6 is 0 Å². The Morgan fingerprint density at radius 3 is 2.78 bits per heavy atom. The van der Waals surface area contributed by atoms with Gasteiger partial charge in [0.15, 0.2) is 0 Å². The number of hydrogen-bond acceptors (Lipinski definition) is 3. The van der Waals surface area contributed by atoms with Gasteiger partial charge >= 0.3 is 0 Å². The minimum absolute atomic E-state index is 0.530. The van der Waals surface area contributed by atoms with Crippen molar-refractivity contribution in [1.29, 1.82) is 5.26 Å². The van der Waals surface area contributed by atoms with Crippen LogP contribution in [0.2, 0.25) is 0 Å². The summed E-state index contributed by atoms with van der Waals surface area (Å²) < 4.78 is 0. The molecule has 1 aliphatic rings. The largest absolute Gasteiger partial charge is 0.398 e. The van der Waals surface area contributed by atoms with Crippen molar-refractivity contribution in [2.24, 2.45) is 11.8 Å². The van der Waals surface area contributed by atoms with Gasteiger partial charge in [-0.05, 0) is 42.9 Å². The molecular weight excluding hydrogens is 222 g/mol. The van der Waals surface area contributed by atoms with Crippen LogP contribution in [0.5, 0.6) is 0 Å². The average Bonchev–Trinajstić information content (AvgIpc) is 2.71. The zero-order valence-corrected chi connectivity index (χ0v) is 11.1. The molecule has 18 heavy (non-hydrogen) atoms. The number of benzene rings is 1. The minimum Gasteiger partial charge on any atom is -0.398 e. The summed E-state index contributed by atoms with van der Waals surface area (Å²) in [7, 11) is 0. The number of nitriles is 1. The first-order valence-electron chi connectivity index (χ1n) is 6.71. The van der Waals surface area contributed by atoms with Crippen molar-refractivity contribution in [3.05, 3.63) is 23.8 Å². The lowest BCUT2D eigenvalue weighted by Crippen LogP contribution is -2.24. The molecule has 0 aliphatic heterocycles. The molecule has 0 radical (unpaired) electrons. The summed E-state index contributed by atoms with van der Waals surface area (Å²) in [6.07, 6.45) is 3.79. The lowest BCUT2D eigenvalue weighted by atomic mass is 9.93. The summed E-state index contributed by atoms with van der Waals surface area (Å²) in [6, 6.07) is 8.22. The monoisotopic (exact) mass is 243 g/mol. The maximum atomic E-state index is 8.85. The molecule has 2 rings (SSSR count). The van der Waals surface area contributed by atoms with E-state index < -0.39 is 0 Å². The standard InChI is InChI=1S/C15H21N3/c1-3-11-5-7-15(10(11)2)18-13-6-4-12(9-16)14(17)8-13/h4,6,8,10-11,15,18H,3,5,7,17H2,1-2H3. The second kappa shape index (κ2) is 5.30. The molecule has 0 bridgehead atoms. The predicted molar refractivity (Wildman–Crippen MR) is 75.2 cm³/mol. The van der Waals surface area contributed by atoms with Gasteiger partial charge in [-0.25, -0.2) is 0 Å². The van der Waals surface area contributed by atoms with E-state index in [4.69, 9.17) is 11.0 Å². The van der Waals surface area contributed by atoms with Crippen LogP contribution in [0.15, 0.2) is 18.2 Å². The average molecular weight is 243 g/mol. The van der Waals surface area contributed by atoms with E-state index in [1.807, 2.05) is 12.1 Å². The molecule has 3 nitrogen and oxygen atoms in total. The Morgan fingerprint density at radius 1 is 1.44 bits per heavy atom. The SMILES string of the molecule is CCC1CCC(Nc2ccc(C#N)c(N)c2)C1C. The highest BCUT2D eigenvalue weighted by Gasteiger charge is 2.31. The molecule has 0 aromatic heterocycles. The highest BCUT2D eigenvalue weighted by molar-refractivity contribution is 5.62. The van der Waals surface area contributed by atoms with Crippen molar-refractivity contribution in [3.8, 4) is 6.07 Å². The van der Waals surface area contributed by atoms with Crippen molar-refractivity contribution >= 4 is 11.4 Å². The molecule has 1 aromatic rings. The molecule has 0 saturated heterocycles. The molecule has 0 spiro atoms. The van der Waals surface area contributed by atoms with Crippen LogP contribution in [-0.2, 0) is 0 Å². The fraction of sp³-hybridized carbons (Fsp3) is 0.533. The second-order valence-electron chi connectivity index (χ2n) is 5.27. The molecular formula is C15H21N3. The summed E-state index contributed by atoms with van der Waals surface area (Å²) in [6.45, 7) is 4.59. The van der Waals surface area contributed by atoms with E-state index >= 15 is 0 Å². The number of hydrogen-bond donors (Lipinski definition) is 2. The predicted octanol–water partition coefficient (Wildman–Crippen LogP) is 3.38. The third-order valence-electron chi connectivity index (χ3n) is 4.28. The van der Waals surface area contributed by atoms with Gasteiger partial charge in [0.1, 0.15) is 6.07 Å². The summed E-state index contributed by atoms with van der Waals surface area (Å²) in [5.41, 5.74) is 7.96. The van der Waals surface area contributed by atoms with E-state index in [2.05, 4.69) is 25.2 Å². The highest BCUT2D eigenvalue weighted by Crippen LogP contribution is 2.35. The van der Waals surface area contributed by atoms with Crippen LogP contribution in [0.25, 0.3) is 0 Å². The van der Waals surface area contributed by atoms with Gasteiger partial charge in [0, 0.05) is 11.7 Å². The first-order valence-corrected chi connectivity index (χ1v) is 6.71. The van der Waals surface area contributed by atoms with Crippen molar-refractivity contribution in [3.63, 3.8) is 0 Å². The van der Waals surface area contributed by atoms with Gasteiger partial charge in [0.25, 0.3) is 0 Å². The normalized spacial score (nSPS) is 26.8. The number of nitrogens with two attached hydrogens (primary N) is 1. The van der Waals surface area contributed by atoms with E-state index in [1.165, 1.54) is 19.3 Å². The minimum atomic E-state index is 0.530. The van der Waals surface area contributed by atoms with Crippen LogP contribution in [-0.4, -0.2) is 6.04 Å². The molecule has 3 unspecified atom stereocenters. The first kappa shape index (κ1) is 12.8. The molecule has 1 aromatic carbocycles. The molecule has 3 heteroatoms. The molecule has 1 fully saturated rings. The number of nitrogen functional groups attached to an aromatic ring is 1. The third kappa shape index (κ3) is 2.43. The topological polar surface area (TPSA) is 61.8 Å². The molecule has 96 valence electrons. The zero-order chi connectivity index (χ0) is 13.1. The summed E-state index contributed by atoms with van der Waals surface area (Å²) in [5, 5.41) is 12.4. The first-order chi connectivity index (χ1) is 8.65. The maximum absolute atomic E-state index is 8.85. The Labute approximate surface area is 109 Å². The highest BCUT2D eigenvalue weighted by atomic mass is 14.9. The maximum Gasteiger partial charge on any atom is 0.101 e. The van der Waals surface area contributed by atoms with E-state index in [9.17, 15) is 0 Å². The molecule has 0 heterocycles. The summed E-state index contributed by atoms with van der Waals surface area (Å²) in [4.78, 5) is 0. The van der Waals surface area contributed by atoms with Crippen LogP contribution in [0.3, 0.4) is 0 Å². The van der Waals surface area contributed by atoms with E-state index in [0.717, 1.165) is 11.6 Å². The molecule has 1 saturated carbocycles. The third-order valence-corrected chi connectivity index (χ3v) is 4.28. The van der Waals surface area contributed by atoms with Gasteiger partial charge in [-0.3, -0.25) is 0 Å². The van der Waals surface area contributed by atoms with Gasteiger partial charge in [-0.1, -0.05) is 20.3 Å². The fourth-order valence-corrected chi connectivity index (χ4v) is 3.00. The Morgan fingerprint density at radius 2 is 2.22 bits per heavy atom. The molecule has 3 N–H and O–H groups in total. The summed E-state index contributed by atoms with van der Waals surface area (Å²) >= 11 is 0. The van der Waals surface area contributed by atoms with Crippen molar-refractivity contribution < 1.29 is 0 Å². The van der Waals surface area contributed by atoms with Crippen LogP contribution in [0, 0.1) is 23.2 Å². The summed E-state index contributed by atoms with van der Waals surface area (Å²) in [5.74, 6) is 1.53. The lowest BCUT2D eigenvalue weighted by molar-refractivity contribution is 0.392. The van der Waals surface area contributed by atoms with E-state index in [-0.39, 0.29) is 0 Å². The molecule has 1 aliphatic carbocycles. The lowest BCUT2D eigenvalue weighted by Gasteiger charge is -2.22. The van der Waals surface area contributed by atoms with Crippen molar-refractivity contribution in [1.82, 2.24) is 0 Å². The Hall–Kier alpha value is -1.69. The van der Waals surface area contributed by atoms with Gasteiger partial charge in [-0.15, -0.1) is 0 Å². The van der Waals surface area contributed by atoms with E-state index in [1.54, 1.807) is 6.07 Å². The second-order valence-corrected chi connectivity index (χ2v) is 5.27. The molecule has 0 amide bonds. The van der Waals surface area contributed by atoms with Gasteiger partial charge in [0.05, 0.1) is 11.3 Å². The van der Waals surface area contributed by atoms with Crippen molar-refractivity contribution in [2.75, 3.05) is 11.1 Å². The van der Waals surface area contributed by atoms with Gasteiger partial charge in [0.2, 0.25) is 0 Å². The Balaban J connectivity index is 2.07. The van der Waals surface area contributed by atoms with Gasteiger partial charge < -0.3 is 11.1 Å². The quantitative estimate of drug-likeness (QED) is 0.800. The van der Waals surface area contributed by atoms with Gasteiger partial charge in [-0.2, -0.15) is 5.26 Å². The van der Waals surface area contributed by atoms with Crippen LogP contribution in [0.1, 0.15) is 38.7 Å². The molecule has 3 atom stereocenters.